The minimum atomic E-state index is -0.626. The van der Waals surface area contributed by atoms with E-state index in [4.69, 9.17) is 11.2 Å². The SMILES string of the molecule is C#Cc1ccnc(F)c1C1=C(C(=O)OCC)CCCC1. The topological polar surface area (TPSA) is 39.2 Å². The summed E-state index contributed by atoms with van der Waals surface area (Å²) in [5.74, 6) is 1.45. The van der Waals surface area contributed by atoms with Crippen molar-refractivity contribution < 1.29 is 13.9 Å². The van der Waals surface area contributed by atoms with E-state index in [-0.39, 0.29) is 11.5 Å². The van der Waals surface area contributed by atoms with E-state index in [9.17, 15) is 9.18 Å². The third-order valence-electron chi connectivity index (χ3n) is 3.35. The van der Waals surface area contributed by atoms with Gasteiger partial charge in [-0.2, -0.15) is 4.39 Å². The number of carbonyl (C=O) groups is 1. The zero-order valence-electron chi connectivity index (χ0n) is 11.4. The van der Waals surface area contributed by atoms with E-state index >= 15 is 0 Å². The summed E-state index contributed by atoms with van der Waals surface area (Å²) in [7, 11) is 0. The third-order valence-corrected chi connectivity index (χ3v) is 3.35. The van der Waals surface area contributed by atoms with Gasteiger partial charge in [0, 0.05) is 22.9 Å². The Balaban J connectivity index is 2.58. The number of carbonyl (C=O) groups excluding carboxylic acids is 1. The first-order chi connectivity index (χ1) is 9.69. The van der Waals surface area contributed by atoms with E-state index in [1.807, 2.05) is 0 Å². The third kappa shape index (κ3) is 2.72. The number of hydrogen-bond acceptors (Lipinski definition) is 3. The van der Waals surface area contributed by atoms with Gasteiger partial charge in [0.25, 0.3) is 0 Å². The molecule has 4 heteroatoms. The first-order valence-corrected chi connectivity index (χ1v) is 6.69. The van der Waals surface area contributed by atoms with Gasteiger partial charge in [-0.05, 0) is 44.2 Å². The molecule has 0 saturated carbocycles. The van der Waals surface area contributed by atoms with E-state index in [0.29, 0.717) is 36.2 Å². The average Bonchev–Trinajstić information content (AvgIpc) is 2.47. The normalized spacial score (nSPS) is 14.8. The Bertz CT molecular complexity index is 599. The van der Waals surface area contributed by atoms with E-state index in [0.717, 1.165) is 12.8 Å². The fourth-order valence-corrected chi connectivity index (χ4v) is 2.47. The predicted molar refractivity (Wildman–Crippen MR) is 74.2 cm³/mol. The molecule has 1 aliphatic carbocycles. The van der Waals surface area contributed by atoms with Gasteiger partial charge in [-0.3, -0.25) is 0 Å². The molecule has 0 aliphatic heterocycles. The molecule has 0 unspecified atom stereocenters. The standard InChI is InChI=1S/C16H16FNO2/c1-3-11-9-10-18-15(17)14(11)12-7-5-6-8-13(12)16(19)20-4-2/h1,9-10H,4-8H2,2H3. The Morgan fingerprint density at radius 3 is 2.95 bits per heavy atom. The summed E-state index contributed by atoms with van der Waals surface area (Å²) in [6.45, 7) is 2.05. The molecule has 20 heavy (non-hydrogen) atoms. The molecule has 104 valence electrons. The van der Waals surface area contributed by atoms with Crippen LogP contribution < -0.4 is 0 Å². The lowest BCUT2D eigenvalue weighted by molar-refractivity contribution is -0.138. The van der Waals surface area contributed by atoms with Crippen molar-refractivity contribution in [1.29, 1.82) is 0 Å². The van der Waals surface area contributed by atoms with Crippen molar-refractivity contribution in [3.05, 3.63) is 34.9 Å². The number of hydrogen-bond donors (Lipinski definition) is 0. The summed E-state index contributed by atoms with van der Waals surface area (Å²) in [6.07, 6.45) is 9.76. The fourth-order valence-electron chi connectivity index (χ4n) is 2.47. The highest BCUT2D eigenvalue weighted by Crippen LogP contribution is 2.35. The van der Waals surface area contributed by atoms with Gasteiger partial charge in [-0.15, -0.1) is 6.42 Å². The predicted octanol–water partition coefficient (Wildman–Crippen LogP) is 3.09. The van der Waals surface area contributed by atoms with Crippen molar-refractivity contribution >= 4 is 11.5 Å². The first-order valence-electron chi connectivity index (χ1n) is 6.69. The number of rotatable bonds is 3. The lowest BCUT2D eigenvalue weighted by Gasteiger charge is -2.20. The second-order valence-corrected chi connectivity index (χ2v) is 4.55. The number of nitrogens with zero attached hydrogens (tertiary/aromatic N) is 1. The zero-order valence-corrected chi connectivity index (χ0v) is 11.4. The second-order valence-electron chi connectivity index (χ2n) is 4.55. The van der Waals surface area contributed by atoms with Crippen LogP contribution in [-0.2, 0) is 9.53 Å². The molecule has 1 aromatic heterocycles. The van der Waals surface area contributed by atoms with Gasteiger partial charge in [0.15, 0.2) is 0 Å². The molecule has 2 rings (SSSR count). The second kappa shape index (κ2) is 6.33. The number of terminal acetylenes is 1. The van der Waals surface area contributed by atoms with Crippen LogP contribution in [0.4, 0.5) is 4.39 Å². The lowest BCUT2D eigenvalue weighted by Crippen LogP contribution is -2.14. The summed E-state index contributed by atoms with van der Waals surface area (Å²) in [5.41, 5.74) is 1.88. The van der Waals surface area contributed by atoms with Crippen molar-refractivity contribution in [2.75, 3.05) is 6.61 Å². The van der Waals surface area contributed by atoms with Crippen molar-refractivity contribution in [3.63, 3.8) is 0 Å². The van der Waals surface area contributed by atoms with Gasteiger partial charge < -0.3 is 4.74 Å². The van der Waals surface area contributed by atoms with E-state index in [1.165, 1.54) is 6.20 Å². The minimum absolute atomic E-state index is 0.276. The highest BCUT2D eigenvalue weighted by atomic mass is 19.1. The maximum absolute atomic E-state index is 14.1. The van der Waals surface area contributed by atoms with Crippen molar-refractivity contribution in [3.8, 4) is 12.3 Å². The number of pyridine rings is 1. The van der Waals surface area contributed by atoms with Crippen LogP contribution >= 0.6 is 0 Å². The summed E-state index contributed by atoms with van der Waals surface area (Å²) >= 11 is 0. The average molecular weight is 273 g/mol. The van der Waals surface area contributed by atoms with Crippen LogP contribution in [0.1, 0.15) is 43.7 Å². The van der Waals surface area contributed by atoms with Crippen molar-refractivity contribution in [1.82, 2.24) is 4.98 Å². The molecule has 1 aromatic rings. The summed E-state index contributed by atoms with van der Waals surface area (Å²) in [5, 5.41) is 0. The van der Waals surface area contributed by atoms with Gasteiger partial charge in [0.05, 0.1) is 6.61 Å². The Labute approximate surface area is 117 Å². The number of halogens is 1. The van der Waals surface area contributed by atoms with E-state index < -0.39 is 5.95 Å². The molecular weight excluding hydrogens is 257 g/mol. The highest BCUT2D eigenvalue weighted by Gasteiger charge is 2.25. The molecular formula is C16H16FNO2. The maximum Gasteiger partial charge on any atom is 0.334 e. The van der Waals surface area contributed by atoms with Crippen LogP contribution in [-0.4, -0.2) is 17.6 Å². The van der Waals surface area contributed by atoms with Crippen molar-refractivity contribution in [2.24, 2.45) is 0 Å². The summed E-state index contributed by atoms with van der Waals surface area (Å²) < 4.78 is 19.1. The van der Waals surface area contributed by atoms with E-state index in [1.54, 1.807) is 13.0 Å². The van der Waals surface area contributed by atoms with Crippen LogP contribution in [0, 0.1) is 18.3 Å². The fraction of sp³-hybridized carbons (Fsp3) is 0.375. The Morgan fingerprint density at radius 1 is 1.50 bits per heavy atom. The molecule has 1 heterocycles. The van der Waals surface area contributed by atoms with Crippen LogP contribution in [0.15, 0.2) is 17.8 Å². The highest BCUT2D eigenvalue weighted by molar-refractivity contribution is 5.98. The quantitative estimate of drug-likeness (QED) is 0.482. The molecule has 0 saturated heterocycles. The molecule has 0 bridgehead atoms. The monoisotopic (exact) mass is 273 g/mol. The summed E-state index contributed by atoms with van der Waals surface area (Å²) in [6, 6.07) is 1.59. The maximum atomic E-state index is 14.1. The van der Waals surface area contributed by atoms with Crippen LogP contribution in [0.2, 0.25) is 0 Å². The minimum Gasteiger partial charge on any atom is -0.463 e. The molecule has 0 aromatic carbocycles. The number of allylic oxidation sites excluding steroid dienone is 1. The Hall–Kier alpha value is -2.15. The zero-order chi connectivity index (χ0) is 14.5. The van der Waals surface area contributed by atoms with Crippen LogP contribution in [0.3, 0.4) is 0 Å². The van der Waals surface area contributed by atoms with Gasteiger partial charge in [0.2, 0.25) is 5.95 Å². The van der Waals surface area contributed by atoms with Crippen molar-refractivity contribution in [2.45, 2.75) is 32.6 Å². The molecule has 0 fully saturated rings. The molecule has 0 N–H and O–H groups in total. The van der Waals surface area contributed by atoms with Crippen LogP contribution in [0.25, 0.3) is 5.57 Å². The Morgan fingerprint density at radius 2 is 2.25 bits per heavy atom. The largest absolute Gasteiger partial charge is 0.463 e. The smallest absolute Gasteiger partial charge is 0.334 e. The van der Waals surface area contributed by atoms with Gasteiger partial charge >= 0.3 is 5.97 Å². The van der Waals surface area contributed by atoms with E-state index in [2.05, 4.69) is 10.9 Å². The molecule has 0 amide bonds. The Kier molecular flexibility index (Phi) is 4.52. The molecule has 0 spiro atoms. The number of aromatic nitrogens is 1. The van der Waals surface area contributed by atoms with Gasteiger partial charge in [-0.25, -0.2) is 9.78 Å². The number of ether oxygens (including phenoxy) is 1. The number of esters is 1. The van der Waals surface area contributed by atoms with Gasteiger partial charge in [0.1, 0.15) is 0 Å². The van der Waals surface area contributed by atoms with Gasteiger partial charge in [-0.1, -0.05) is 5.92 Å². The molecule has 1 aliphatic rings. The molecule has 3 nitrogen and oxygen atoms in total. The molecule has 0 atom stereocenters. The molecule has 0 radical (unpaired) electrons. The first kappa shape index (κ1) is 14.3. The van der Waals surface area contributed by atoms with Crippen LogP contribution in [0.5, 0.6) is 0 Å². The summed E-state index contributed by atoms with van der Waals surface area (Å²) in [4.78, 5) is 15.7. The lowest BCUT2D eigenvalue weighted by atomic mass is 9.86.